The molecule has 0 saturated heterocycles. The quantitative estimate of drug-likeness (QED) is 0.438. The maximum atomic E-state index is 13.3. The topological polar surface area (TPSA) is 55.6 Å². The van der Waals surface area contributed by atoms with Crippen LogP contribution in [0.4, 0.5) is 24.8 Å². The zero-order valence-electron chi connectivity index (χ0n) is 18.4. The highest BCUT2D eigenvalue weighted by molar-refractivity contribution is 6.31. The van der Waals surface area contributed by atoms with E-state index in [-0.39, 0.29) is 22.2 Å². The lowest BCUT2D eigenvalue weighted by atomic mass is 9.92. The van der Waals surface area contributed by atoms with Crippen molar-refractivity contribution in [3.63, 3.8) is 0 Å². The van der Waals surface area contributed by atoms with Crippen molar-refractivity contribution in [1.29, 1.82) is 0 Å². The summed E-state index contributed by atoms with van der Waals surface area (Å²) in [6.07, 6.45) is 3.25. The number of imidazole rings is 1. The van der Waals surface area contributed by atoms with Crippen LogP contribution in [0.1, 0.15) is 70.3 Å². The van der Waals surface area contributed by atoms with Crippen molar-refractivity contribution in [2.45, 2.75) is 71.5 Å². The average Bonchev–Trinajstić information content (AvgIpc) is 3.03. The number of rotatable bonds is 4. The first-order valence-corrected chi connectivity index (χ1v) is 11.3. The average molecular weight is 466 g/mol. The van der Waals surface area contributed by atoms with Gasteiger partial charge in [-0.05, 0) is 36.5 Å². The number of fused-ring (bicyclic) bond motifs is 1. The number of alkyl halides is 3. The highest BCUT2D eigenvalue weighted by Gasteiger charge is 2.31. The van der Waals surface area contributed by atoms with Crippen LogP contribution >= 0.6 is 11.6 Å². The Balaban J connectivity index is 1.79. The molecule has 1 N–H and O–H groups in total. The molecular formula is C23H27ClF3N5. The van der Waals surface area contributed by atoms with Crippen LogP contribution in [0.3, 0.4) is 0 Å². The van der Waals surface area contributed by atoms with Gasteiger partial charge in [0.2, 0.25) is 5.95 Å². The first-order valence-electron chi connectivity index (χ1n) is 10.9. The lowest BCUT2D eigenvalue weighted by Crippen LogP contribution is -2.17. The van der Waals surface area contributed by atoms with E-state index in [1.54, 1.807) is 6.20 Å². The summed E-state index contributed by atoms with van der Waals surface area (Å²) < 4.78 is 41.9. The molecule has 5 nitrogen and oxygen atoms in total. The van der Waals surface area contributed by atoms with E-state index in [4.69, 9.17) is 16.6 Å². The Morgan fingerprint density at radius 2 is 1.78 bits per heavy atom. The van der Waals surface area contributed by atoms with E-state index in [1.165, 1.54) is 12.5 Å². The van der Waals surface area contributed by atoms with Gasteiger partial charge in [-0.3, -0.25) is 4.57 Å². The Hall–Kier alpha value is -2.35. The van der Waals surface area contributed by atoms with Gasteiger partial charge in [-0.25, -0.2) is 15.0 Å². The van der Waals surface area contributed by atoms with Gasteiger partial charge >= 0.3 is 6.18 Å². The predicted molar refractivity (Wildman–Crippen MR) is 120 cm³/mol. The van der Waals surface area contributed by atoms with Crippen LogP contribution in [0.5, 0.6) is 0 Å². The summed E-state index contributed by atoms with van der Waals surface area (Å²) >= 11 is 5.98. The molecule has 2 heterocycles. The highest BCUT2D eigenvalue weighted by Crippen LogP contribution is 2.37. The van der Waals surface area contributed by atoms with Crippen molar-refractivity contribution < 1.29 is 13.2 Å². The van der Waals surface area contributed by atoms with Crippen molar-refractivity contribution in [3.8, 4) is 0 Å². The zero-order chi connectivity index (χ0) is 23.1. The van der Waals surface area contributed by atoms with Crippen LogP contribution in [0.15, 0.2) is 24.4 Å². The first-order chi connectivity index (χ1) is 15.0. The second-order valence-corrected chi connectivity index (χ2v) is 10.1. The van der Waals surface area contributed by atoms with Crippen LogP contribution in [0.2, 0.25) is 5.02 Å². The Kier molecular flexibility index (Phi) is 6.09. The smallest absolute Gasteiger partial charge is 0.325 e. The molecule has 0 aliphatic heterocycles. The van der Waals surface area contributed by atoms with E-state index in [0.717, 1.165) is 43.6 Å². The van der Waals surface area contributed by atoms with E-state index in [0.29, 0.717) is 23.5 Å². The second-order valence-electron chi connectivity index (χ2n) is 9.68. The third-order valence-corrected chi connectivity index (χ3v) is 5.81. The summed E-state index contributed by atoms with van der Waals surface area (Å²) in [5.41, 5.74) is 0.792. The molecule has 0 unspecified atom stereocenters. The van der Waals surface area contributed by atoms with Crippen molar-refractivity contribution >= 4 is 34.4 Å². The Morgan fingerprint density at radius 1 is 1.06 bits per heavy atom. The van der Waals surface area contributed by atoms with Crippen LogP contribution in [-0.4, -0.2) is 19.5 Å². The maximum Gasteiger partial charge on any atom is 0.416 e. The Morgan fingerprint density at radius 3 is 2.44 bits per heavy atom. The van der Waals surface area contributed by atoms with Crippen molar-refractivity contribution in [1.82, 2.24) is 19.5 Å². The molecule has 0 atom stereocenters. The number of hydrogen-bond acceptors (Lipinski definition) is 4. The predicted octanol–water partition coefficient (Wildman–Crippen LogP) is 7.34. The van der Waals surface area contributed by atoms with E-state index >= 15 is 0 Å². The van der Waals surface area contributed by atoms with Gasteiger partial charge in [-0.2, -0.15) is 13.2 Å². The number of nitrogens with one attached hydrogen (secondary N) is 1. The summed E-state index contributed by atoms with van der Waals surface area (Å²) in [7, 11) is 0. The third kappa shape index (κ3) is 5.17. The molecule has 3 aromatic rings. The minimum absolute atomic E-state index is 0.00917. The van der Waals surface area contributed by atoms with Gasteiger partial charge in [0.1, 0.15) is 11.3 Å². The molecule has 0 bridgehead atoms. The van der Waals surface area contributed by atoms with Crippen molar-refractivity contribution in [2.75, 3.05) is 5.32 Å². The molecule has 0 radical (unpaired) electrons. The highest BCUT2D eigenvalue weighted by atomic mass is 35.5. The first kappa shape index (κ1) is 22.8. The monoisotopic (exact) mass is 465 g/mol. The molecule has 9 heteroatoms. The summed E-state index contributed by atoms with van der Waals surface area (Å²) in [6.45, 7) is 6.38. The standard InChI is InChI=1S/C23H27ClF3N5/c1-22(2,3)12-19-28-13-18-20(31-19)32(17-7-5-4-6-8-17)21(30-18)29-16-10-14(23(25,26)27)9-15(24)11-16/h9-11,13,17H,4-8,12H2,1-3H3,(H,29,30). The van der Waals surface area contributed by atoms with Crippen LogP contribution in [-0.2, 0) is 12.6 Å². The summed E-state index contributed by atoms with van der Waals surface area (Å²) in [6, 6.07) is 3.61. The van der Waals surface area contributed by atoms with Gasteiger partial charge in [-0.15, -0.1) is 0 Å². The number of benzene rings is 1. The third-order valence-electron chi connectivity index (χ3n) is 5.59. The Labute approximate surface area is 190 Å². The molecule has 0 spiro atoms. The van der Waals surface area contributed by atoms with Gasteiger partial charge in [0.05, 0.1) is 11.8 Å². The summed E-state index contributed by atoms with van der Waals surface area (Å²) in [5, 5.41) is 3.09. The number of anilines is 2. The zero-order valence-corrected chi connectivity index (χ0v) is 19.2. The minimum atomic E-state index is -4.49. The van der Waals surface area contributed by atoms with Crippen molar-refractivity contribution in [2.24, 2.45) is 5.41 Å². The van der Waals surface area contributed by atoms with E-state index in [9.17, 15) is 13.2 Å². The molecule has 1 aliphatic rings. The van der Waals surface area contributed by atoms with Gasteiger partial charge in [0.15, 0.2) is 5.65 Å². The molecule has 1 aromatic carbocycles. The fourth-order valence-corrected chi connectivity index (χ4v) is 4.45. The molecule has 1 aliphatic carbocycles. The minimum Gasteiger partial charge on any atom is -0.325 e. The van der Waals surface area contributed by atoms with Crippen LogP contribution < -0.4 is 5.32 Å². The molecule has 1 saturated carbocycles. The number of nitrogens with zero attached hydrogens (tertiary/aromatic N) is 4. The maximum absolute atomic E-state index is 13.3. The normalized spacial score (nSPS) is 16.0. The lowest BCUT2D eigenvalue weighted by molar-refractivity contribution is -0.137. The van der Waals surface area contributed by atoms with E-state index in [1.807, 2.05) is 4.57 Å². The molecule has 172 valence electrons. The molecule has 1 fully saturated rings. The summed E-state index contributed by atoms with van der Waals surface area (Å²) in [4.78, 5) is 13.9. The van der Waals surface area contributed by atoms with E-state index < -0.39 is 11.7 Å². The number of hydrogen-bond donors (Lipinski definition) is 1. The van der Waals surface area contributed by atoms with Gasteiger partial charge in [-0.1, -0.05) is 51.6 Å². The Bertz CT molecular complexity index is 1110. The molecular weight excluding hydrogens is 439 g/mol. The van der Waals surface area contributed by atoms with Crippen molar-refractivity contribution in [3.05, 3.63) is 40.8 Å². The SMILES string of the molecule is CC(C)(C)Cc1ncc2nc(Nc3cc(Cl)cc(C(F)(F)F)c3)n(C3CCCCC3)c2n1. The van der Waals surface area contributed by atoms with Gasteiger partial charge in [0, 0.05) is 23.2 Å². The van der Waals surface area contributed by atoms with Crippen LogP contribution in [0, 0.1) is 5.41 Å². The van der Waals surface area contributed by atoms with Gasteiger partial charge in [0.25, 0.3) is 0 Å². The van der Waals surface area contributed by atoms with Crippen LogP contribution in [0.25, 0.3) is 11.2 Å². The fourth-order valence-electron chi connectivity index (χ4n) is 4.21. The molecule has 2 aromatic heterocycles. The fraction of sp³-hybridized carbons (Fsp3) is 0.522. The number of aromatic nitrogens is 4. The summed E-state index contributed by atoms with van der Waals surface area (Å²) in [5.74, 6) is 1.19. The number of halogens is 4. The largest absolute Gasteiger partial charge is 0.416 e. The molecule has 32 heavy (non-hydrogen) atoms. The van der Waals surface area contributed by atoms with E-state index in [2.05, 4.69) is 36.1 Å². The molecule has 4 rings (SSSR count). The van der Waals surface area contributed by atoms with Gasteiger partial charge < -0.3 is 5.32 Å². The lowest BCUT2D eigenvalue weighted by Gasteiger charge is -2.25. The molecule has 0 amide bonds. The second kappa shape index (κ2) is 8.54.